The summed E-state index contributed by atoms with van der Waals surface area (Å²) in [4.78, 5) is 20.2. The van der Waals surface area contributed by atoms with E-state index < -0.39 is 6.16 Å². The van der Waals surface area contributed by atoms with E-state index in [0.717, 1.165) is 24.8 Å². The normalized spacial score (nSPS) is 15.4. The topological polar surface area (TPSA) is 70.5 Å². The van der Waals surface area contributed by atoms with Crippen LogP contribution in [0.5, 0.6) is 11.8 Å². The second-order valence-electron chi connectivity index (χ2n) is 5.85. The Morgan fingerprint density at radius 3 is 2.67 bits per heavy atom. The molecule has 0 spiro atoms. The highest BCUT2D eigenvalue weighted by Gasteiger charge is 2.42. The highest BCUT2D eigenvalue weighted by atomic mass is 16.7. The van der Waals surface area contributed by atoms with Gasteiger partial charge in [-0.25, -0.2) is 14.8 Å². The molecule has 1 aliphatic heterocycles. The van der Waals surface area contributed by atoms with Crippen molar-refractivity contribution in [2.45, 2.75) is 31.6 Å². The van der Waals surface area contributed by atoms with E-state index in [9.17, 15) is 4.79 Å². The van der Waals surface area contributed by atoms with E-state index in [-0.39, 0.29) is 17.2 Å². The van der Waals surface area contributed by atoms with Crippen LogP contribution in [0.25, 0.3) is 0 Å². The van der Waals surface area contributed by atoms with E-state index in [1.807, 2.05) is 12.1 Å². The molecule has 1 aliphatic rings. The van der Waals surface area contributed by atoms with Crippen LogP contribution in [0.2, 0.25) is 0 Å². The van der Waals surface area contributed by atoms with Gasteiger partial charge in [-0.1, -0.05) is 31.9 Å². The molecule has 1 fully saturated rings. The average molecular weight is 328 g/mol. The van der Waals surface area contributed by atoms with Crippen molar-refractivity contribution >= 4 is 6.16 Å². The van der Waals surface area contributed by atoms with Crippen LogP contribution in [0.4, 0.5) is 4.79 Å². The SMILES string of the molecule is CCCCC1(c2cccnc2OC(=O)Oc2ccccn2)COC1. The predicted molar refractivity (Wildman–Crippen MR) is 87.1 cm³/mol. The predicted octanol–water partition coefficient (Wildman–Crippen LogP) is 3.51. The van der Waals surface area contributed by atoms with Crippen LogP contribution in [-0.2, 0) is 10.2 Å². The average Bonchev–Trinajstić information content (AvgIpc) is 2.56. The summed E-state index contributed by atoms with van der Waals surface area (Å²) < 4.78 is 15.9. The van der Waals surface area contributed by atoms with Crippen LogP contribution in [-0.4, -0.2) is 29.3 Å². The zero-order chi connectivity index (χ0) is 16.8. The summed E-state index contributed by atoms with van der Waals surface area (Å²) in [7, 11) is 0. The molecule has 0 aliphatic carbocycles. The van der Waals surface area contributed by atoms with Crippen LogP contribution >= 0.6 is 0 Å². The number of aromatic nitrogens is 2. The van der Waals surface area contributed by atoms with Gasteiger partial charge in [0.25, 0.3) is 0 Å². The molecule has 3 heterocycles. The highest BCUT2D eigenvalue weighted by molar-refractivity contribution is 5.66. The number of pyridine rings is 2. The zero-order valence-electron chi connectivity index (χ0n) is 13.6. The molecule has 0 atom stereocenters. The minimum absolute atomic E-state index is 0.134. The maximum Gasteiger partial charge on any atom is 0.522 e. The van der Waals surface area contributed by atoms with Crippen molar-refractivity contribution in [3.63, 3.8) is 0 Å². The van der Waals surface area contributed by atoms with Gasteiger partial charge in [0.05, 0.1) is 13.2 Å². The molecule has 0 aromatic carbocycles. The number of rotatable bonds is 6. The molecule has 0 unspecified atom stereocenters. The lowest BCUT2D eigenvalue weighted by Gasteiger charge is -2.42. The quantitative estimate of drug-likeness (QED) is 0.756. The molecule has 126 valence electrons. The van der Waals surface area contributed by atoms with Gasteiger partial charge in [0, 0.05) is 29.4 Å². The van der Waals surface area contributed by atoms with Gasteiger partial charge >= 0.3 is 6.16 Å². The lowest BCUT2D eigenvalue weighted by molar-refractivity contribution is -0.0663. The van der Waals surface area contributed by atoms with Gasteiger partial charge in [0.1, 0.15) is 0 Å². The first kappa shape index (κ1) is 16.4. The Morgan fingerprint density at radius 2 is 2.00 bits per heavy atom. The van der Waals surface area contributed by atoms with Crippen LogP contribution in [0.1, 0.15) is 31.7 Å². The molecule has 0 saturated carbocycles. The van der Waals surface area contributed by atoms with E-state index in [0.29, 0.717) is 13.2 Å². The Balaban J connectivity index is 1.75. The molecule has 2 aromatic rings. The number of ether oxygens (including phenoxy) is 3. The van der Waals surface area contributed by atoms with Gasteiger partial charge in [-0.05, 0) is 18.6 Å². The fraction of sp³-hybridized carbons (Fsp3) is 0.389. The third-order valence-electron chi connectivity index (χ3n) is 4.11. The minimum Gasteiger partial charge on any atom is -0.379 e. The van der Waals surface area contributed by atoms with Crippen molar-refractivity contribution in [1.82, 2.24) is 9.97 Å². The van der Waals surface area contributed by atoms with E-state index in [4.69, 9.17) is 14.2 Å². The molecule has 1 saturated heterocycles. The Kier molecular flexibility index (Phi) is 5.05. The Morgan fingerprint density at radius 1 is 1.17 bits per heavy atom. The van der Waals surface area contributed by atoms with Gasteiger partial charge in [0.15, 0.2) is 0 Å². The Labute approximate surface area is 140 Å². The maximum absolute atomic E-state index is 12.0. The third kappa shape index (κ3) is 3.54. The van der Waals surface area contributed by atoms with Crippen molar-refractivity contribution in [1.29, 1.82) is 0 Å². The van der Waals surface area contributed by atoms with Crippen molar-refractivity contribution in [2.24, 2.45) is 0 Å². The van der Waals surface area contributed by atoms with Crippen molar-refractivity contribution in [3.8, 4) is 11.8 Å². The number of nitrogens with zero attached hydrogens (tertiary/aromatic N) is 2. The summed E-state index contributed by atoms with van der Waals surface area (Å²) in [5, 5.41) is 0. The summed E-state index contributed by atoms with van der Waals surface area (Å²) in [5.74, 6) is 0.463. The number of hydrogen-bond acceptors (Lipinski definition) is 6. The summed E-state index contributed by atoms with van der Waals surface area (Å²) in [6, 6.07) is 8.84. The molecule has 2 aromatic heterocycles. The first-order valence-corrected chi connectivity index (χ1v) is 8.07. The van der Waals surface area contributed by atoms with Crippen molar-refractivity contribution in [3.05, 3.63) is 48.3 Å². The molecule has 0 radical (unpaired) electrons. The lowest BCUT2D eigenvalue weighted by atomic mass is 9.75. The zero-order valence-corrected chi connectivity index (χ0v) is 13.6. The first-order valence-electron chi connectivity index (χ1n) is 8.07. The summed E-state index contributed by atoms with van der Waals surface area (Å²) in [5.41, 5.74) is 0.757. The van der Waals surface area contributed by atoms with Crippen LogP contribution < -0.4 is 9.47 Å². The minimum atomic E-state index is -0.848. The van der Waals surface area contributed by atoms with Crippen LogP contribution in [0.3, 0.4) is 0 Å². The van der Waals surface area contributed by atoms with E-state index in [1.54, 1.807) is 30.6 Å². The third-order valence-corrected chi connectivity index (χ3v) is 4.11. The second-order valence-corrected chi connectivity index (χ2v) is 5.85. The van der Waals surface area contributed by atoms with Gasteiger partial charge < -0.3 is 14.2 Å². The molecule has 3 rings (SSSR count). The molecule has 6 heteroatoms. The molecule has 24 heavy (non-hydrogen) atoms. The van der Waals surface area contributed by atoms with Crippen molar-refractivity contribution < 1.29 is 19.0 Å². The number of hydrogen-bond donors (Lipinski definition) is 0. The van der Waals surface area contributed by atoms with Crippen molar-refractivity contribution in [2.75, 3.05) is 13.2 Å². The molecule has 0 amide bonds. The van der Waals surface area contributed by atoms with Gasteiger partial charge in [-0.2, -0.15) is 0 Å². The smallest absolute Gasteiger partial charge is 0.379 e. The fourth-order valence-electron chi connectivity index (χ4n) is 2.77. The monoisotopic (exact) mass is 328 g/mol. The molecule has 6 nitrogen and oxygen atoms in total. The maximum atomic E-state index is 12.0. The molecule has 0 bridgehead atoms. The molecular formula is C18H20N2O4. The Hall–Kier alpha value is -2.47. The highest BCUT2D eigenvalue weighted by Crippen LogP contribution is 2.41. The van der Waals surface area contributed by atoms with E-state index >= 15 is 0 Å². The lowest BCUT2D eigenvalue weighted by Crippen LogP contribution is -2.47. The summed E-state index contributed by atoms with van der Waals surface area (Å²) in [6.45, 7) is 3.38. The number of carbonyl (C=O) groups is 1. The molecule has 0 N–H and O–H groups in total. The summed E-state index contributed by atoms with van der Waals surface area (Å²) >= 11 is 0. The van der Waals surface area contributed by atoms with Gasteiger partial charge in [0.2, 0.25) is 11.8 Å². The fourth-order valence-corrected chi connectivity index (χ4v) is 2.77. The van der Waals surface area contributed by atoms with Crippen LogP contribution in [0.15, 0.2) is 42.7 Å². The first-order chi connectivity index (χ1) is 11.7. The Bertz CT molecular complexity index is 686. The largest absolute Gasteiger partial charge is 0.522 e. The second kappa shape index (κ2) is 7.40. The summed E-state index contributed by atoms with van der Waals surface area (Å²) in [6.07, 6.45) is 5.44. The van der Waals surface area contributed by atoms with E-state index in [2.05, 4.69) is 16.9 Å². The van der Waals surface area contributed by atoms with Gasteiger partial charge in [-0.15, -0.1) is 0 Å². The van der Waals surface area contributed by atoms with Gasteiger partial charge in [-0.3, -0.25) is 0 Å². The number of carbonyl (C=O) groups excluding carboxylic acids is 1. The standard InChI is InChI=1S/C18H20N2O4/c1-2-3-9-18(12-22-13-18)14-7-6-11-20-16(14)24-17(21)23-15-8-4-5-10-19-15/h4-8,10-11H,2-3,9,12-13H2,1H3. The molecular weight excluding hydrogens is 308 g/mol. The van der Waals surface area contributed by atoms with E-state index in [1.165, 1.54) is 0 Å². The number of unbranched alkanes of at least 4 members (excludes halogenated alkanes) is 1. The van der Waals surface area contributed by atoms with Crippen LogP contribution in [0, 0.1) is 0 Å².